The van der Waals surface area contributed by atoms with Crippen molar-refractivity contribution in [2.24, 2.45) is 5.92 Å². The summed E-state index contributed by atoms with van der Waals surface area (Å²) in [6.07, 6.45) is 14.1. The zero-order valence-electron chi connectivity index (χ0n) is 14.1. The van der Waals surface area contributed by atoms with Crippen LogP contribution in [-0.2, 0) is 0 Å². The fraction of sp³-hybridized carbons (Fsp3) is 1.00. The van der Waals surface area contributed by atoms with Crippen LogP contribution in [0.3, 0.4) is 0 Å². The van der Waals surface area contributed by atoms with Crippen LogP contribution in [0.15, 0.2) is 0 Å². The Kier molecular flexibility index (Phi) is 6.35. The first-order valence-electron chi connectivity index (χ1n) is 9.15. The molecule has 2 fully saturated rings. The molecule has 0 amide bonds. The summed E-state index contributed by atoms with van der Waals surface area (Å²) in [5.74, 6) is 0.861. The molecule has 0 spiro atoms. The average molecular weight is 280 g/mol. The first kappa shape index (κ1) is 16.3. The highest BCUT2D eigenvalue weighted by Gasteiger charge is 2.45. The molecule has 1 saturated carbocycles. The van der Waals surface area contributed by atoms with Crippen LogP contribution in [0.2, 0.25) is 0 Å². The van der Waals surface area contributed by atoms with Crippen LogP contribution in [0.5, 0.6) is 0 Å². The lowest BCUT2D eigenvalue weighted by Gasteiger charge is -2.49. The summed E-state index contributed by atoms with van der Waals surface area (Å²) in [5.41, 5.74) is 0.483. The number of piperidine rings is 1. The van der Waals surface area contributed by atoms with Gasteiger partial charge in [-0.3, -0.25) is 4.90 Å². The highest BCUT2D eigenvalue weighted by molar-refractivity contribution is 5.04. The van der Waals surface area contributed by atoms with Crippen LogP contribution >= 0.6 is 0 Å². The van der Waals surface area contributed by atoms with E-state index in [0.29, 0.717) is 11.6 Å². The molecule has 2 aliphatic rings. The molecule has 2 unspecified atom stereocenters. The van der Waals surface area contributed by atoms with Crippen molar-refractivity contribution >= 4 is 0 Å². The Morgan fingerprint density at radius 3 is 2.25 bits per heavy atom. The maximum absolute atomic E-state index is 3.73. The van der Waals surface area contributed by atoms with E-state index in [1.807, 2.05) is 0 Å². The Hall–Kier alpha value is -0.0800. The third-order valence-corrected chi connectivity index (χ3v) is 5.87. The zero-order valence-corrected chi connectivity index (χ0v) is 14.1. The molecule has 0 radical (unpaired) electrons. The minimum Gasteiger partial charge on any atom is -0.315 e. The fourth-order valence-corrected chi connectivity index (χ4v) is 4.83. The van der Waals surface area contributed by atoms with E-state index in [9.17, 15) is 0 Å². The maximum Gasteiger partial charge on any atom is 0.0362 e. The number of likely N-dealkylation sites (tertiary alicyclic amines) is 1. The molecule has 1 N–H and O–H groups in total. The molecular weight excluding hydrogens is 244 g/mol. The number of nitrogens with one attached hydrogen (secondary N) is 1. The molecule has 1 saturated heterocycles. The standard InChI is InChI=1S/C18H36N2/c1-4-10-16(2)15-17(19-3)18(11-6-7-12-18)20-13-8-5-9-14-20/h16-17,19H,4-15H2,1-3H3. The molecular formula is C18H36N2. The van der Waals surface area contributed by atoms with Crippen LogP contribution < -0.4 is 5.32 Å². The highest BCUT2D eigenvalue weighted by Crippen LogP contribution is 2.41. The summed E-state index contributed by atoms with van der Waals surface area (Å²) in [5, 5.41) is 3.73. The van der Waals surface area contributed by atoms with Crippen molar-refractivity contribution in [2.75, 3.05) is 20.1 Å². The van der Waals surface area contributed by atoms with Gasteiger partial charge in [0.15, 0.2) is 0 Å². The number of hydrogen-bond acceptors (Lipinski definition) is 2. The van der Waals surface area contributed by atoms with Crippen LogP contribution in [0.25, 0.3) is 0 Å². The summed E-state index contributed by atoms with van der Waals surface area (Å²) in [4.78, 5) is 2.88. The molecule has 0 aromatic heterocycles. The Morgan fingerprint density at radius 1 is 1.05 bits per heavy atom. The van der Waals surface area contributed by atoms with E-state index in [2.05, 4.69) is 31.1 Å². The first-order chi connectivity index (χ1) is 9.73. The Labute approximate surface area is 126 Å². The first-order valence-corrected chi connectivity index (χ1v) is 9.15. The van der Waals surface area contributed by atoms with Crippen LogP contribution in [-0.4, -0.2) is 36.6 Å². The van der Waals surface area contributed by atoms with Gasteiger partial charge in [0.2, 0.25) is 0 Å². The molecule has 1 aliphatic carbocycles. The predicted molar refractivity (Wildman–Crippen MR) is 88.2 cm³/mol. The Balaban J connectivity index is 2.07. The largest absolute Gasteiger partial charge is 0.315 e. The molecule has 1 aliphatic heterocycles. The van der Waals surface area contributed by atoms with Gasteiger partial charge in [-0.05, 0) is 58.2 Å². The van der Waals surface area contributed by atoms with Crippen LogP contribution in [0.4, 0.5) is 0 Å². The van der Waals surface area contributed by atoms with Gasteiger partial charge in [-0.15, -0.1) is 0 Å². The molecule has 2 heteroatoms. The van der Waals surface area contributed by atoms with Crippen molar-refractivity contribution < 1.29 is 0 Å². The Morgan fingerprint density at radius 2 is 1.70 bits per heavy atom. The topological polar surface area (TPSA) is 15.3 Å². The van der Waals surface area contributed by atoms with Gasteiger partial charge in [0.05, 0.1) is 0 Å². The van der Waals surface area contributed by atoms with Gasteiger partial charge in [-0.2, -0.15) is 0 Å². The molecule has 1 heterocycles. The van der Waals surface area contributed by atoms with Crippen molar-refractivity contribution in [3.63, 3.8) is 0 Å². The van der Waals surface area contributed by atoms with Gasteiger partial charge in [0.1, 0.15) is 0 Å². The second-order valence-corrected chi connectivity index (χ2v) is 7.33. The third-order valence-electron chi connectivity index (χ3n) is 5.87. The van der Waals surface area contributed by atoms with Gasteiger partial charge >= 0.3 is 0 Å². The summed E-state index contributed by atoms with van der Waals surface area (Å²) >= 11 is 0. The Bertz CT molecular complexity index is 265. The minimum atomic E-state index is 0.483. The van der Waals surface area contributed by atoms with E-state index < -0.39 is 0 Å². The quantitative estimate of drug-likeness (QED) is 0.752. The number of nitrogens with zero attached hydrogens (tertiary/aromatic N) is 1. The monoisotopic (exact) mass is 280 g/mol. The molecule has 0 aromatic carbocycles. The maximum atomic E-state index is 3.73. The van der Waals surface area contributed by atoms with Crippen LogP contribution in [0.1, 0.15) is 78.1 Å². The van der Waals surface area contributed by atoms with Crippen molar-refractivity contribution in [3.05, 3.63) is 0 Å². The second kappa shape index (κ2) is 7.79. The smallest absolute Gasteiger partial charge is 0.0362 e. The fourth-order valence-electron chi connectivity index (χ4n) is 4.83. The molecule has 20 heavy (non-hydrogen) atoms. The number of rotatable bonds is 7. The molecule has 2 atom stereocenters. The van der Waals surface area contributed by atoms with Gasteiger partial charge in [0.25, 0.3) is 0 Å². The van der Waals surface area contributed by atoms with Crippen molar-refractivity contribution in [1.29, 1.82) is 0 Å². The van der Waals surface area contributed by atoms with E-state index in [-0.39, 0.29) is 0 Å². The van der Waals surface area contributed by atoms with E-state index in [4.69, 9.17) is 0 Å². The van der Waals surface area contributed by atoms with Crippen molar-refractivity contribution in [2.45, 2.75) is 89.6 Å². The lowest BCUT2D eigenvalue weighted by molar-refractivity contribution is 0.0314. The minimum absolute atomic E-state index is 0.483. The van der Waals surface area contributed by atoms with E-state index in [1.165, 1.54) is 77.3 Å². The molecule has 118 valence electrons. The molecule has 0 aromatic rings. The highest BCUT2D eigenvalue weighted by atomic mass is 15.2. The number of hydrogen-bond donors (Lipinski definition) is 1. The SMILES string of the molecule is CCCC(C)CC(NC)C1(N2CCCCC2)CCCC1. The normalized spacial score (nSPS) is 26.6. The van der Waals surface area contributed by atoms with E-state index in [1.54, 1.807) is 0 Å². The summed E-state index contributed by atoms with van der Waals surface area (Å²) in [7, 11) is 2.20. The molecule has 0 bridgehead atoms. The van der Waals surface area contributed by atoms with Gasteiger partial charge < -0.3 is 5.32 Å². The van der Waals surface area contributed by atoms with Crippen molar-refractivity contribution in [3.8, 4) is 0 Å². The summed E-state index contributed by atoms with van der Waals surface area (Å²) in [6.45, 7) is 7.47. The second-order valence-electron chi connectivity index (χ2n) is 7.33. The zero-order chi connectivity index (χ0) is 14.4. The average Bonchev–Trinajstić information content (AvgIpc) is 2.96. The summed E-state index contributed by atoms with van der Waals surface area (Å²) < 4.78 is 0. The molecule has 2 nitrogen and oxygen atoms in total. The van der Waals surface area contributed by atoms with Gasteiger partial charge in [-0.1, -0.05) is 46.0 Å². The van der Waals surface area contributed by atoms with E-state index >= 15 is 0 Å². The van der Waals surface area contributed by atoms with E-state index in [0.717, 1.165) is 5.92 Å². The molecule has 2 rings (SSSR count). The van der Waals surface area contributed by atoms with Gasteiger partial charge in [-0.25, -0.2) is 0 Å². The predicted octanol–water partition coefficient (Wildman–Crippen LogP) is 4.20. The number of likely N-dealkylation sites (N-methyl/N-ethyl adjacent to an activating group) is 1. The van der Waals surface area contributed by atoms with Crippen LogP contribution in [0, 0.1) is 5.92 Å². The van der Waals surface area contributed by atoms with Crippen molar-refractivity contribution in [1.82, 2.24) is 10.2 Å². The third kappa shape index (κ3) is 3.57. The lowest BCUT2D eigenvalue weighted by atomic mass is 9.79. The summed E-state index contributed by atoms with van der Waals surface area (Å²) in [6, 6.07) is 0.699. The van der Waals surface area contributed by atoms with Gasteiger partial charge in [0, 0.05) is 11.6 Å². The lowest BCUT2D eigenvalue weighted by Crippen LogP contribution is -2.60.